The molecule has 1 fully saturated rings. The van der Waals surface area contributed by atoms with Crippen LogP contribution in [0.4, 0.5) is 0 Å². The van der Waals surface area contributed by atoms with Crippen LogP contribution in [0.25, 0.3) is 0 Å². The lowest BCUT2D eigenvalue weighted by Crippen LogP contribution is -2.06. The number of aromatic hydroxyl groups is 2. The number of ether oxygens (including phenoxy) is 1. The first-order valence-corrected chi connectivity index (χ1v) is 9.22. The van der Waals surface area contributed by atoms with Crippen molar-refractivity contribution in [1.82, 2.24) is 0 Å². The highest BCUT2D eigenvalue weighted by molar-refractivity contribution is 5.75. The summed E-state index contributed by atoms with van der Waals surface area (Å²) >= 11 is 0. The van der Waals surface area contributed by atoms with Crippen LogP contribution in [-0.2, 0) is 9.53 Å². The minimum atomic E-state index is -0.528. The molecule has 0 bridgehead atoms. The van der Waals surface area contributed by atoms with Gasteiger partial charge in [0.15, 0.2) is 0 Å². The summed E-state index contributed by atoms with van der Waals surface area (Å²) in [4.78, 5) is 12.1. The van der Waals surface area contributed by atoms with E-state index in [9.17, 15) is 15.0 Å². The molecule has 27 heavy (non-hydrogen) atoms. The third kappa shape index (κ3) is 6.12. The lowest BCUT2D eigenvalue weighted by Gasteiger charge is -2.11. The largest absolute Gasteiger partial charge is 0.508 e. The quantitative estimate of drug-likeness (QED) is 0.300. The number of allylic oxidation sites excluding steroid dienone is 3. The molecular weight excluding hydrogens is 348 g/mol. The van der Waals surface area contributed by atoms with E-state index in [1.807, 2.05) is 13.0 Å². The van der Waals surface area contributed by atoms with Gasteiger partial charge in [-0.2, -0.15) is 0 Å². The average molecular weight is 376 g/mol. The number of aliphatic hydroxyl groups excluding tert-OH is 2. The van der Waals surface area contributed by atoms with E-state index in [0.29, 0.717) is 24.0 Å². The van der Waals surface area contributed by atoms with Gasteiger partial charge in [-0.1, -0.05) is 17.7 Å². The van der Waals surface area contributed by atoms with Crippen LogP contribution in [0.1, 0.15) is 50.7 Å². The van der Waals surface area contributed by atoms with Crippen LogP contribution in [0.15, 0.2) is 41.5 Å². The number of phenolic OH excluding ortho intramolecular Hbond substituents is 2. The van der Waals surface area contributed by atoms with E-state index in [-0.39, 0.29) is 36.6 Å². The lowest BCUT2D eigenvalue weighted by molar-refractivity contribution is -0.144. The number of benzene rings is 1. The summed E-state index contributed by atoms with van der Waals surface area (Å²) in [6, 6.07) is 4.21. The van der Waals surface area contributed by atoms with Gasteiger partial charge in [0.2, 0.25) is 0 Å². The summed E-state index contributed by atoms with van der Waals surface area (Å²) < 4.78 is 5.38. The van der Waals surface area contributed by atoms with Gasteiger partial charge in [0, 0.05) is 12.0 Å². The van der Waals surface area contributed by atoms with Crippen molar-refractivity contribution in [2.75, 3.05) is 13.2 Å². The molecule has 1 aromatic rings. The van der Waals surface area contributed by atoms with Crippen molar-refractivity contribution >= 4 is 5.97 Å². The second-order valence-corrected chi connectivity index (χ2v) is 6.95. The third-order valence-electron chi connectivity index (χ3n) is 4.83. The van der Waals surface area contributed by atoms with Gasteiger partial charge in [0.05, 0.1) is 19.1 Å². The summed E-state index contributed by atoms with van der Waals surface area (Å²) in [5.41, 5.74) is 2.25. The number of cyclic esters (lactones) is 1. The molecule has 1 aromatic carbocycles. The fourth-order valence-corrected chi connectivity index (χ4v) is 3.18. The predicted octanol–water partition coefficient (Wildman–Crippen LogP) is 3.12. The Morgan fingerprint density at radius 2 is 1.93 bits per heavy atom. The van der Waals surface area contributed by atoms with Gasteiger partial charge in [-0.3, -0.25) is 4.79 Å². The highest BCUT2D eigenvalue weighted by Gasteiger charge is 2.36. The van der Waals surface area contributed by atoms with Gasteiger partial charge in [0.25, 0.3) is 0 Å². The standard InChI is InChI=1S/C21H28O6/c1-14(4-2-6-15(12-22)13-23)5-3-7-16-10-20(27-21(16)26)18-11-17(24)8-9-19(18)25/h5-6,8-9,11,16,20,22-25H,2-4,7,10,12-13H2,1H3/b14-5+/t16-,20-/m1/s1. The molecule has 0 amide bonds. The molecule has 6 nitrogen and oxygen atoms in total. The van der Waals surface area contributed by atoms with E-state index in [1.165, 1.54) is 23.8 Å². The molecule has 0 unspecified atom stereocenters. The third-order valence-corrected chi connectivity index (χ3v) is 4.83. The number of aliphatic hydroxyl groups is 2. The van der Waals surface area contributed by atoms with Crippen LogP contribution in [0.5, 0.6) is 11.5 Å². The second kappa shape index (κ2) is 10.1. The van der Waals surface area contributed by atoms with E-state index in [2.05, 4.69) is 6.08 Å². The summed E-state index contributed by atoms with van der Waals surface area (Å²) in [5, 5.41) is 37.5. The Labute approximate surface area is 159 Å². The molecule has 2 rings (SSSR count). The first-order chi connectivity index (χ1) is 12.9. The molecule has 0 aromatic heterocycles. The van der Waals surface area contributed by atoms with E-state index in [0.717, 1.165) is 19.3 Å². The molecular formula is C21H28O6. The molecule has 148 valence electrons. The average Bonchev–Trinajstić information content (AvgIpc) is 3.01. The fraction of sp³-hybridized carbons (Fsp3) is 0.476. The smallest absolute Gasteiger partial charge is 0.309 e. The number of phenols is 2. The fourth-order valence-electron chi connectivity index (χ4n) is 3.18. The summed E-state index contributed by atoms with van der Waals surface area (Å²) in [7, 11) is 0. The van der Waals surface area contributed by atoms with Crippen molar-refractivity contribution in [3.05, 3.63) is 47.1 Å². The van der Waals surface area contributed by atoms with Gasteiger partial charge < -0.3 is 25.2 Å². The first kappa shape index (κ1) is 21.0. The maximum absolute atomic E-state index is 12.1. The van der Waals surface area contributed by atoms with E-state index < -0.39 is 6.10 Å². The molecule has 0 spiro atoms. The summed E-state index contributed by atoms with van der Waals surface area (Å²) in [5.74, 6) is -0.455. The van der Waals surface area contributed by atoms with Crippen molar-refractivity contribution in [2.24, 2.45) is 5.92 Å². The Kier molecular flexibility index (Phi) is 7.88. The van der Waals surface area contributed by atoms with Crippen molar-refractivity contribution < 1.29 is 30.0 Å². The van der Waals surface area contributed by atoms with Crippen molar-refractivity contribution in [1.29, 1.82) is 0 Å². The molecule has 0 radical (unpaired) electrons. The first-order valence-electron chi connectivity index (χ1n) is 9.22. The number of rotatable bonds is 9. The van der Waals surface area contributed by atoms with Crippen molar-refractivity contribution in [3.8, 4) is 11.5 Å². The van der Waals surface area contributed by atoms with Crippen molar-refractivity contribution in [2.45, 2.75) is 45.1 Å². The zero-order valence-corrected chi connectivity index (χ0v) is 15.6. The highest BCUT2D eigenvalue weighted by atomic mass is 16.6. The van der Waals surface area contributed by atoms with Gasteiger partial charge in [0.1, 0.15) is 17.6 Å². The Hall–Kier alpha value is -2.31. The minimum Gasteiger partial charge on any atom is -0.508 e. The highest BCUT2D eigenvalue weighted by Crippen LogP contribution is 2.40. The Bertz CT molecular complexity index is 701. The Balaban J connectivity index is 1.83. The van der Waals surface area contributed by atoms with Crippen LogP contribution < -0.4 is 0 Å². The summed E-state index contributed by atoms with van der Waals surface area (Å²) in [6.45, 7) is 1.77. The van der Waals surface area contributed by atoms with Crippen LogP contribution in [0.2, 0.25) is 0 Å². The minimum absolute atomic E-state index is 0.0140. The molecule has 2 atom stereocenters. The van der Waals surface area contributed by atoms with E-state index in [4.69, 9.17) is 14.9 Å². The lowest BCUT2D eigenvalue weighted by atomic mass is 9.95. The number of esters is 1. The zero-order valence-electron chi connectivity index (χ0n) is 15.6. The van der Waals surface area contributed by atoms with Gasteiger partial charge in [-0.25, -0.2) is 0 Å². The Morgan fingerprint density at radius 3 is 2.63 bits per heavy atom. The number of hydrogen-bond acceptors (Lipinski definition) is 6. The number of hydrogen-bond donors (Lipinski definition) is 4. The maximum Gasteiger partial charge on any atom is 0.309 e. The molecule has 1 aliphatic rings. The molecule has 0 aliphatic carbocycles. The maximum atomic E-state index is 12.1. The topological polar surface area (TPSA) is 107 Å². The normalized spacial score (nSPS) is 19.8. The van der Waals surface area contributed by atoms with Gasteiger partial charge in [-0.15, -0.1) is 0 Å². The van der Waals surface area contributed by atoms with E-state index >= 15 is 0 Å². The summed E-state index contributed by atoms with van der Waals surface area (Å²) in [6.07, 6.45) is 6.90. The number of carbonyl (C=O) groups excluding carboxylic acids is 1. The molecule has 1 aliphatic heterocycles. The molecule has 6 heteroatoms. The van der Waals surface area contributed by atoms with Crippen LogP contribution in [-0.4, -0.2) is 39.6 Å². The van der Waals surface area contributed by atoms with Crippen molar-refractivity contribution in [3.63, 3.8) is 0 Å². The van der Waals surface area contributed by atoms with Crippen LogP contribution >= 0.6 is 0 Å². The molecule has 1 heterocycles. The predicted molar refractivity (Wildman–Crippen MR) is 101 cm³/mol. The monoisotopic (exact) mass is 376 g/mol. The molecule has 4 N–H and O–H groups in total. The molecule has 1 saturated heterocycles. The molecule has 0 saturated carbocycles. The number of carbonyl (C=O) groups is 1. The Morgan fingerprint density at radius 1 is 1.19 bits per heavy atom. The zero-order chi connectivity index (χ0) is 19.8. The van der Waals surface area contributed by atoms with Gasteiger partial charge in [-0.05, 0) is 56.4 Å². The van der Waals surface area contributed by atoms with Crippen LogP contribution in [0.3, 0.4) is 0 Å². The van der Waals surface area contributed by atoms with Crippen LogP contribution in [0, 0.1) is 5.92 Å². The van der Waals surface area contributed by atoms with Gasteiger partial charge >= 0.3 is 5.97 Å². The van der Waals surface area contributed by atoms with E-state index in [1.54, 1.807) is 0 Å². The second-order valence-electron chi connectivity index (χ2n) is 6.95. The SMILES string of the molecule is C/C(=C\CC[C@@H]1C[C@H](c2cc(O)ccc2O)OC1=O)CCC=C(CO)CO.